The second-order valence-corrected chi connectivity index (χ2v) is 7.61. The van der Waals surface area contributed by atoms with Gasteiger partial charge < -0.3 is 10.1 Å². The largest absolute Gasteiger partial charge is 0.442 e. The molecule has 4 aromatic rings. The minimum Gasteiger partial charge on any atom is -0.442 e. The van der Waals surface area contributed by atoms with Crippen LogP contribution in [0.3, 0.4) is 0 Å². The number of nitrogens with zero attached hydrogens (tertiary/aromatic N) is 2. The van der Waals surface area contributed by atoms with E-state index in [0.717, 1.165) is 5.56 Å². The van der Waals surface area contributed by atoms with Crippen LogP contribution in [-0.2, 0) is 16.1 Å². The standard InChI is InChI=1S/C26H22N4O5/c1-27-26(34)28-23(31)22(18-12-6-3-7-13-18)35-25(33)21-19-14-8-9-15-20(19)24(32)30(29-21)16-17-10-4-2-5-11-17/h2-15,22H,16H2,1H3,(H2,27,28,31,34)/t22-/m0/s1. The lowest BCUT2D eigenvalue weighted by molar-refractivity contribution is -0.129. The van der Waals surface area contributed by atoms with Crippen LogP contribution in [0, 0.1) is 0 Å². The number of urea groups is 1. The van der Waals surface area contributed by atoms with Crippen molar-refractivity contribution in [1.29, 1.82) is 0 Å². The van der Waals surface area contributed by atoms with Gasteiger partial charge in [-0.1, -0.05) is 78.9 Å². The van der Waals surface area contributed by atoms with Crippen LogP contribution in [0.1, 0.15) is 27.7 Å². The first-order chi connectivity index (χ1) is 17.0. The highest BCUT2D eigenvalue weighted by Gasteiger charge is 2.29. The summed E-state index contributed by atoms with van der Waals surface area (Å²) in [6.45, 7) is 0.143. The van der Waals surface area contributed by atoms with Crippen molar-refractivity contribution < 1.29 is 19.1 Å². The summed E-state index contributed by atoms with van der Waals surface area (Å²) in [5.41, 5.74) is 0.704. The summed E-state index contributed by atoms with van der Waals surface area (Å²) in [6.07, 6.45) is -1.42. The normalized spacial score (nSPS) is 11.5. The Morgan fingerprint density at radius 1 is 0.886 bits per heavy atom. The Labute approximate surface area is 200 Å². The monoisotopic (exact) mass is 470 g/mol. The zero-order chi connectivity index (χ0) is 24.8. The zero-order valence-electron chi connectivity index (χ0n) is 18.8. The van der Waals surface area contributed by atoms with Gasteiger partial charge >= 0.3 is 12.0 Å². The van der Waals surface area contributed by atoms with Gasteiger partial charge in [-0.2, -0.15) is 5.10 Å². The van der Waals surface area contributed by atoms with E-state index in [1.54, 1.807) is 54.6 Å². The van der Waals surface area contributed by atoms with E-state index in [1.807, 2.05) is 30.3 Å². The van der Waals surface area contributed by atoms with Gasteiger partial charge in [0.25, 0.3) is 11.5 Å². The quantitative estimate of drug-likeness (QED) is 0.418. The number of hydrogen-bond acceptors (Lipinski definition) is 6. The first kappa shape index (κ1) is 23.4. The summed E-state index contributed by atoms with van der Waals surface area (Å²) in [5, 5.41) is 9.30. The highest BCUT2D eigenvalue weighted by atomic mass is 16.5. The number of aromatic nitrogens is 2. The summed E-state index contributed by atoms with van der Waals surface area (Å²) in [5.74, 6) is -1.74. The Morgan fingerprint density at radius 2 is 1.49 bits per heavy atom. The van der Waals surface area contributed by atoms with E-state index in [1.165, 1.54) is 11.7 Å². The van der Waals surface area contributed by atoms with Crippen LogP contribution in [-0.4, -0.2) is 34.7 Å². The maximum absolute atomic E-state index is 13.3. The lowest BCUT2D eigenvalue weighted by atomic mass is 10.1. The summed E-state index contributed by atoms with van der Waals surface area (Å²) in [6, 6.07) is 23.3. The van der Waals surface area contributed by atoms with E-state index in [-0.39, 0.29) is 23.2 Å². The summed E-state index contributed by atoms with van der Waals surface area (Å²) >= 11 is 0. The molecule has 0 saturated heterocycles. The Bertz CT molecular complexity index is 1430. The number of nitrogens with one attached hydrogen (secondary N) is 2. The molecule has 3 amide bonds. The van der Waals surface area contributed by atoms with Gasteiger partial charge in [-0.25, -0.2) is 14.3 Å². The predicted octanol–water partition coefficient (Wildman–Crippen LogP) is 2.80. The molecule has 0 aliphatic rings. The van der Waals surface area contributed by atoms with E-state index < -0.39 is 24.0 Å². The lowest BCUT2D eigenvalue weighted by Gasteiger charge is -2.18. The minimum absolute atomic E-state index is 0.121. The second-order valence-electron chi connectivity index (χ2n) is 7.61. The third-order valence-corrected chi connectivity index (χ3v) is 5.27. The number of hydrogen-bond donors (Lipinski definition) is 2. The fraction of sp³-hybridized carbons (Fsp3) is 0.115. The number of carbonyl (C=O) groups is 3. The van der Waals surface area contributed by atoms with Crippen molar-refractivity contribution in [3.63, 3.8) is 0 Å². The molecule has 9 nitrogen and oxygen atoms in total. The smallest absolute Gasteiger partial charge is 0.360 e. The van der Waals surface area contributed by atoms with Gasteiger partial charge in [0, 0.05) is 18.0 Å². The Balaban J connectivity index is 1.74. The van der Waals surface area contributed by atoms with Crippen LogP contribution in [0.25, 0.3) is 10.8 Å². The van der Waals surface area contributed by atoms with E-state index in [9.17, 15) is 19.2 Å². The average Bonchev–Trinajstić information content (AvgIpc) is 2.89. The number of ether oxygens (including phenoxy) is 1. The molecular weight excluding hydrogens is 448 g/mol. The summed E-state index contributed by atoms with van der Waals surface area (Å²) in [7, 11) is 1.36. The molecular formula is C26H22N4O5. The van der Waals surface area contributed by atoms with Crippen molar-refractivity contribution in [3.8, 4) is 0 Å². The fourth-order valence-electron chi connectivity index (χ4n) is 3.55. The van der Waals surface area contributed by atoms with E-state index in [0.29, 0.717) is 10.9 Å². The summed E-state index contributed by atoms with van der Waals surface area (Å²) in [4.78, 5) is 50.9. The van der Waals surface area contributed by atoms with Gasteiger partial charge in [0.2, 0.25) is 6.10 Å². The molecule has 0 bridgehead atoms. The number of rotatable bonds is 6. The van der Waals surface area contributed by atoms with E-state index in [4.69, 9.17) is 4.74 Å². The Hall–Kier alpha value is -4.79. The van der Waals surface area contributed by atoms with Crippen molar-refractivity contribution in [1.82, 2.24) is 20.4 Å². The molecule has 176 valence electrons. The number of amides is 3. The Morgan fingerprint density at radius 3 is 2.14 bits per heavy atom. The van der Waals surface area contributed by atoms with Gasteiger partial charge in [0.05, 0.1) is 11.9 Å². The van der Waals surface area contributed by atoms with Crippen molar-refractivity contribution in [3.05, 3.63) is 112 Å². The minimum atomic E-state index is -1.42. The van der Waals surface area contributed by atoms with Crippen LogP contribution in [0.15, 0.2) is 89.7 Å². The molecule has 0 aliphatic carbocycles. The highest BCUT2D eigenvalue weighted by Crippen LogP contribution is 2.22. The van der Waals surface area contributed by atoms with E-state index >= 15 is 0 Å². The van der Waals surface area contributed by atoms with Crippen molar-refractivity contribution in [2.24, 2.45) is 0 Å². The third-order valence-electron chi connectivity index (χ3n) is 5.27. The molecule has 9 heteroatoms. The van der Waals surface area contributed by atoms with E-state index in [2.05, 4.69) is 15.7 Å². The number of carbonyl (C=O) groups excluding carboxylic acids is 3. The first-order valence-electron chi connectivity index (χ1n) is 10.8. The first-order valence-corrected chi connectivity index (χ1v) is 10.8. The van der Waals surface area contributed by atoms with Crippen LogP contribution in [0.2, 0.25) is 0 Å². The molecule has 1 aromatic heterocycles. The molecule has 0 radical (unpaired) electrons. The zero-order valence-corrected chi connectivity index (χ0v) is 18.8. The molecule has 2 N–H and O–H groups in total. The van der Waals surface area contributed by atoms with Gasteiger partial charge in [-0.05, 0) is 11.6 Å². The highest BCUT2D eigenvalue weighted by molar-refractivity contribution is 6.04. The number of imide groups is 1. The predicted molar refractivity (Wildman–Crippen MR) is 129 cm³/mol. The van der Waals surface area contributed by atoms with Crippen LogP contribution in [0.5, 0.6) is 0 Å². The molecule has 3 aromatic carbocycles. The van der Waals surface area contributed by atoms with Crippen LogP contribution >= 0.6 is 0 Å². The molecule has 1 heterocycles. The molecule has 0 fully saturated rings. The third kappa shape index (κ3) is 5.25. The molecule has 4 rings (SSSR count). The Kier molecular flexibility index (Phi) is 6.96. The number of benzene rings is 3. The van der Waals surface area contributed by atoms with Crippen molar-refractivity contribution in [2.45, 2.75) is 12.6 Å². The molecule has 1 atom stereocenters. The fourth-order valence-corrected chi connectivity index (χ4v) is 3.55. The molecule has 35 heavy (non-hydrogen) atoms. The van der Waals surface area contributed by atoms with Gasteiger partial charge in [0.15, 0.2) is 5.69 Å². The number of fused-ring (bicyclic) bond motifs is 1. The van der Waals surface area contributed by atoms with Crippen LogP contribution in [0.4, 0.5) is 4.79 Å². The number of esters is 1. The van der Waals surface area contributed by atoms with Gasteiger partial charge in [-0.3, -0.25) is 14.9 Å². The van der Waals surface area contributed by atoms with Gasteiger partial charge in [-0.15, -0.1) is 0 Å². The molecule has 0 spiro atoms. The maximum Gasteiger partial charge on any atom is 0.360 e. The van der Waals surface area contributed by atoms with Gasteiger partial charge in [0.1, 0.15) is 0 Å². The molecule has 0 aliphatic heterocycles. The SMILES string of the molecule is CNC(=O)NC(=O)[C@@H](OC(=O)c1nn(Cc2ccccc2)c(=O)c2ccccc12)c1ccccc1. The molecule has 0 saturated carbocycles. The average molecular weight is 470 g/mol. The van der Waals surface area contributed by atoms with Crippen molar-refractivity contribution in [2.75, 3.05) is 7.05 Å². The maximum atomic E-state index is 13.3. The van der Waals surface area contributed by atoms with Crippen molar-refractivity contribution >= 4 is 28.7 Å². The van der Waals surface area contributed by atoms with Crippen LogP contribution < -0.4 is 16.2 Å². The lowest BCUT2D eigenvalue weighted by Crippen LogP contribution is -2.41. The summed E-state index contributed by atoms with van der Waals surface area (Å²) < 4.78 is 6.76. The topological polar surface area (TPSA) is 119 Å². The molecule has 0 unspecified atom stereocenters. The second kappa shape index (κ2) is 10.4.